The molecule has 1 N–H and O–H groups in total. The van der Waals surface area contributed by atoms with Gasteiger partial charge in [0.15, 0.2) is 0 Å². The number of aromatic nitrogens is 1. The third kappa shape index (κ3) is 2.43. The molecule has 0 saturated heterocycles. The van der Waals surface area contributed by atoms with Crippen LogP contribution in [-0.4, -0.2) is 5.16 Å². The van der Waals surface area contributed by atoms with Gasteiger partial charge in [-0.15, -0.1) is 11.3 Å². The molecule has 0 aromatic carbocycles. The largest absolute Gasteiger partial charge is 0.360 e. The first kappa shape index (κ1) is 9.43. The van der Waals surface area contributed by atoms with Gasteiger partial charge >= 0.3 is 0 Å². The molecule has 0 fully saturated rings. The summed E-state index contributed by atoms with van der Waals surface area (Å²) in [7, 11) is 0. The zero-order chi connectivity index (χ0) is 9.80. The number of hydrogen-bond donors (Lipinski definition) is 1. The van der Waals surface area contributed by atoms with Gasteiger partial charge in [-0.25, -0.2) is 0 Å². The molecule has 4 heteroatoms. The second kappa shape index (κ2) is 4.39. The standard InChI is InChI=1S/C10H12N2OS/c1-8-2-3-10(14-8)7-11-6-9-4-5-12-13-9/h2-5,11H,6-7H2,1H3. The lowest BCUT2D eigenvalue weighted by Crippen LogP contribution is -2.10. The van der Waals surface area contributed by atoms with Crippen molar-refractivity contribution in [2.24, 2.45) is 0 Å². The van der Waals surface area contributed by atoms with Gasteiger partial charge in [0, 0.05) is 22.4 Å². The molecule has 0 atom stereocenters. The molecular weight excluding hydrogens is 196 g/mol. The van der Waals surface area contributed by atoms with Crippen molar-refractivity contribution < 1.29 is 4.52 Å². The van der Waals surface area contributed by atoms with Gasteiger partial charge in [-0.3, -0.25) is 0 Å². The van der Waals surface area contributed by atoms with E-state index in [2.05, 4.69) is 29.5 Å². The van der Waals surface area contributed by atoms with E-state index >= 15 is 0 Å². The summed E-state index contributed by atoms with van der Waals surface area (Å²) in [5.41, 5.74) is 0. The normalized spacial score (nSPS) is 10.6. The second-order valence-electron chi connectivity index (χ2n) is 3.09. The molecule has 3 nitrogen and oxygen atoms in total. The van der Waals surface area contributed by atoms with E-state index in [1.54, 1.807) is 6.20 Å². The summed E-state index contributed by atoms with van der Waals surface area (Å²) in [6, 6.07) is 6.15. The molecule has 0 saturated carbocycles. The number of thiophene rings is 1. The van der Waals surface area contributed by atoms with Crippen LogP contribution >= 0.6 is 11.3 Å². The summed E-state index contributed by atoms with van der Waals surface area (Å²) < 4.78 is 4.97. The minimum Gasteiger partial charge on any atom is -0.360 e. The molecule has 74 valence electrons. The van der Waals surface area contributed by atoms with Gasteiger partial charge in [0.1, 0.15) is 5.76 Å². The Morgan fingerprint density at radius 2 is 2.29 bits per heavy atom. The van der Waals surface area contributed by atoms with Crippen LogP contribution < -0.4 is 5.32 Å². The average molecular weight is 208 g/mol. The van der Waals surface area contributed by atoms with Crippen LogP contribution in [0.15, 0.2) is 28.9 Å². The van der Waals surface area contributed by atoms with Gasteiger partial charge in [0.2, 0.25) is 0 Å². The first-order valence-electron chi connectivity index (χ1n) is 4.50. The van der Waals surface area contributed by atoms with Crippen molar-refractivity contribution in [1.82, 2.24) is 10.5 Å². The Labute approximate surface area is 86.7 Å². The smallest absolute Gasteiger partial charge is 0.150 e. The summed E-state index contributed by atoms with van der Waals surface area (Å²) in [6.45, 7) is 3.74. The third-order valence-electron chi connectivity index (χ3n) is 1.89. The van der Waals surface area contributed by atoms with Crippen molar-refractivity contribution in [3.8, 4) is 0 Å². The fraction of sp³-hybridized carbons (Fsp3) is 0.300. The van der Waals surface area contributed by atoms with Crippen LogP contribution in [0.4, 0.5) is 0 Å². The van der Waals surface area contributed by atoms with Gasteiger partial charge in [0.05, 0.1) is 12.7 Å². The molecule has 0 unspecified atom stereocenters. The minimum absolute atomic E-state index is 0.733. The van der Waals surface area contributed by atoms with Crippen molar-refractivity contribution in [3.05, 3.63) is 39.9 Å². The molecule has 0 aliphatic carbocycles. The lowest BCUT2D eigenvalue weighted by molar-refractivity contribution is 0.373. The predicted octanol–water partition coefficient (Wildman–Crippen LogP) is 2.33. The number of aryl methyl sites for hydroxylation is 1. The summed E-state index contributed by atoms with van der Waals surface area (Å²) in [6.07, 6.45) is 1.66. The second-order valence-corrected chi connectivity index (χ2v) is 4.47. The van der Waals surface area contributed by atoms with E-state index in [-0.39, 0.29) is 0 Å². The maximum atomic E-state index is 4.97. The maximum absolute atomic E-state index is 4.97. The monoisotopic (exact) mass is 208 g/mol. The fourth-order valence-corrected chi connectivity index (χ4v) is 2.08. The summed E-state index contributed by atoms with van der Waals surface area (Å²) >= 11 is 1.82. The van der Waals surface area contributed by atoms with Crippen molar-refractivity contribution in [3.63, 3.8) is 0 Å². The van der Waals surface area contributed by atoms with Crippen LogP contribution in [0.3, 0.4) is 0 Å². The fourth-order valence-electron chi connectivity index (χ4n) is 1.22. The zero-order valence-electron chi connectivity index (χ0n) is 7.99. The van der Waals surface area contributed by atoms with Crippen LogP contribution in [0, 0.1) is 6.92 Å². The number of nitrogens with zero attached hydrogens (tertiary/aromatic N) is 1. The number of hydrogen-bond acceptors (Lipinski definition) is 4. The van der Waals surface area contributed by atoms with E-state index in [9.17, 15) is 0 Å². The molecule has 2 aromatic heterocycles. The Bertz CT molecular complexity index is 380. The van der Waals surface area contributed by atoms with Gasteiger partial charge in [-0.2, -0.15) is 0 Å². The van der Waals surface area contributed by atoms with Gasteiger partial charge in [-0.05, 0) is 19.1 Å². The van der Waals surface area contributed by atoms with Crippen LogP contribution in [-0.2, 0) is 13.1 Å². The molecule has 2 aromatic rings. The molecule has 0 aliphatic heterocycles. The van der Waals surface area contributed by atoms with E-state index in [1.165, 1.54) is 9.75 Å². The maximum Gasteiger partial charge on any atom is 0.150 e. The topological polar surface area (TPSA) is 38.1 Å². The lowest BCUT2D eigenvalue weighted by atomic mass is 10.4. The Morgan fingerprint density at radius 1 is 1.36 bits per heavy atom. The molecule has 2 heterocycles. The van der Waals surface area contributed by atoms with Crippen LogP contribution in [0.2, 0.25) is 0 Å². The van der Waals surface area contributed by atoms with Crippen LogP contribution in [0.5, 0.6) is 0 Å². The first-order chi connectivity index (χ1) is 6.84. The summed E-state index contributed by atoms with van der Waals surface area (Å²) in [5, 5.41) is 6.93. The van der Waals surface area contributed by atoms with Gasteiger partial charge in [0.25, 0.3) is 0 Å². The molecule has 0 spiro atoms. The summed E-state index contributed by atoms with van der Waals surface area (Å²) in [4.78, 5) is 2.70. The molecule has 0 bridgehead atoms. The molecular formula is C10H12N2OS. The van der Waals surface area contributed by atoms with E-state index in [0.29, 0.717) is 0 Å². The van der Waals surface area contributed by atoms with E-state index in [4.69, 9.17) is 4.52 Å². The molecule has 14 heavy (non-hydrogen) atoms. The highest BCUT2D eigenvalue weighted by Gasteiger charge is 1.98. The van der Waals surface area contributed by atoms with Crippen LogP contribution in [0.25, 0.3) is 0 Å². The predicted molar refractivity (Wildman–Crippen MR) is 56.1 cm³/mol. The summed E-state index contributed by atoms with van der Waals surface area (Å²) in [5.74, 6) is 0.873. The molecule has 2 rings (SSSR count). The highest BCUT2D eigenvalue weighted by molar-refractivity contribution is 7.11. The number of rotatable bonds is 4. The number of nitrogens with one attached hydrogen (secondary N) is 1. The molecule has 0 amide bonds. The van der Waals surface area contributed by atoms with Gasteiger partial charge in [-0.1, -0.05) is 5.16 Å². The van der Waals surface area contributed by atoms with Crippen molar-refractivity contribution in [2.45, 2.75) is 20.0 Å². The first-order valence-corrected chi connectivity index (χ1v) is 5.32. The minimum atomic E-state index is 0.733. The van der Waals surface area contributed by atoms with Crippen molar-refractivity contribution in [2.75, 3.05) is 0 Å². The lowest BCUT2D eigenvalue weighted by Gasteiger charge is -1.98. The van der Waals surface area contributed by atoms with Crippen LogP contribution in [0.1, 0.15) is 15.5 Å². The molecule has 0 aliphatic rings. The SMILES string of the molecule is Cc1ccc(CNCc2ccno2)s1. The Hall–Kier alpha value is -1.13. The average Bonchev–Trinajstić information content (AvgIpc) is 2.77. The quantitative estimate of drug-likeness (QED) is 0.838. The van der Waals surface area contributed by atoms with Crippen molar-refractivity contribution in [1.29, 1.82) is 0 Å². The highest BCUT2D eigenvalue weighted by atomic mass is 32.1. The Balaban J connectivity index is 1.78. The van der Waals surface area contributed by atoms with E-state index in [0.717, 1.165) is 18.8 Å². The third-order valence-corrected chi connectivity index (χ3v) is 2.89. The zero-order valence-corrected chi connectivity index (χ0v) is 8.80. The Kier molecular flexibility index (Phi) is 2.96. The van der Waals surface area contributed by atoms with E-state index in [1.807, 2.05) is 17.4 Å². The molecule has 0 radical (unpaired) electrons. The highest BCUT2D eigenvalue weighted by Crippen LogP contribution is 2.14. The van der Waals surface area contributed by atoms with E-state index < -0.39 is 0 Å². The van der Waals surface area contributed by atoms with Crippen molar-refractivity contribution >= 4 is 11.3 Å². The van der Waals surface area contributed by atoms with Gasteiger partial charge < -0.3 is 9.84 Å². The Morgan fingerprint density at radius 3 is 2.93 bits per heavy atom.